The molecule has 1 saturated heterocycles. The summed E-state index contributed by atoms with van der Waals surface area (Å²) in [4.78, 5) is 34.3. The second-order valence-corrected chi connectivity index (χ2v) is 6.63. The van der Waals surface area contributed by atoms with Crippen molar-refractivity contribution in [2.75, 3.05) is 23.3 Å². The van der Waals surface area contributed by atoms with Gasteiger partial charge in [-0.15, -0.1) is 0 Å². The highest BCUT2D eigenvalue weighted by Crippen LogP contribution is 2.26. The van der Waals surface area contributed by atoms with Crippen LogP contribution in [-0.2, 0) is 16.1 Å². The quantitative estimate of drug-likeness (QED) is 0.856. The van der Waals surface area contributed by atoms with Crippen LogP contribution < -0.4 is 15.5 Å². The molecular formula is C19H23N5O2. The van der Waals surface area contributed by atoms with Crippen molar-refractivity contribution in [2.45, 2.75) is 20.4 Å². The van der Waals surface area contributed by atoms with Gasteiger partial charge in [0.05, 0.1) is 5.92 Å². The average Bonchev–Trinajstić information content (AvgIpc) is 3.03. The number of rotatable bonds is 5. The third-order valence-corrected chi connectivity index (χ3v) is 4.52. The maximum Gasteiger partial charge on any atom is 0.225 e. The Morgan fingerprint density at radius 1 is 1.19 bits per heavy atom. The number of carbonyl (C=O) groups is 2. The first-order valence-electron chi connectivity index (χ1n) is 8.69. The van der Waals surface area contributed by atoms with Crippen LogP contribution in [0.3, 0.4) is 0 Å². The molecular weight excluding hydrogens is 330 g/mol. The summed E-state index contributed by atoms with van der Waals surface area (Å²) in [6.07, 6.45) is 3.43. The van der Waals surface area contributed by atoms with E-state index in [-0.39, 0.29) is 23.7 Å². The zero-order valence-corrected chi connectivity index (χ0v) is 15.0. The Bertz CT molecular complexity index is 763. The van der Waals surface area contributed by atoms with Crippen LogP contribution in [0.4, 0.5) is 11.6 Å². The summed E-state index contributed by atoms with van der Waals surface area (Å²) in [5.41, 5.74) is 0.889. The Morgan fingerprint density at radius 2 is 2.04 bits per heavy atom. The molecule has 0 radical (unpaired) electrons. The molecule has 0 saturated carbocycles. The fourth-order valence-corrected chi connectivity index (χ4v) is 3.14. The van der Waals surface area contributed by atoms with Gasteiger partial charge in [0.1, 0.15) is 11.6 Å². The molecule has 7 heteroatoms. The van der Waals surface area contributed by atoms with Crippen LogP contribution >= 0.6 is 0 Å². The van der Waals surface area contributed by atoms with E-state index in [1.807, 2.05) is 24.3 Å². The molecule has 0 aromatic carbocycles. The van der Waals surface area contributed by atoms with Crippen LogP contribution in [0.2, 0.25) is 0 Å². The van der Waals surface area contributed by atoms with Crippen molar-refractivity contribution in [3.8, 4) is 0 Å². The number of nitrogens with zero attached hydrogens (tertiary/aromatic N) is 3. The zero-order chi connectivity index (χ0) is 18.5. The third-order valence-electron chi connectivity index (χ3n) is 4.52. The summed E-state index contributed by atoms with van der Waals surface area (Å²) in [6, 6.07) is 9.38. The first-order valence-corrected chi connectivity index (χ1v) is 8.69. The number of anilines is 2. The highest BCUT2D eigenvalue weighted by molar-refractivity contribution is 5.87. The minimum absolute atomic E-state index is 0.0434. The summed E-state index contributed by atoms with van der Waals surface area (Å²) in [5.74, 6) is 1.49. The number of carbonyl (C=O) groups excluding carboxylic acids is 2. The van der Waals surface area contributed by atoms with Gasteiger partial charge in [-0.05, 0) is 29.7 Å². The number of nitrogens with one attached hydrogen (secondary N) is 2. The zero-order valence-electron chi connectivity index (χ0n) is 15.0. The molecule has 136 valence electrons. The van der Waals surface area contributed by atoms with E-state index in [2.05, 4.69) is 32.4 Å². The molecule has 2 atom stereocenters. The molecule has 2 N–H and O–H groups in total. The lowest BCUT2D eigenvalue weighted by atomic mass is 9.97. The van der Waals surface area contributed by atoms with E-state index in [4.69, 9.17) is 0 Å². The molecule has 0 aliphatic carbocycles. The molecule has 0 bridgehead atoms. The first-order chi connectivity index (χ1) is 12.5. The molecule has 26 heavy (non-hydrogen) atoms. The smallest absolute Gasteiger partial charge is 0.225 e. The van der Waals surface area contributed by atoms with Gasteiger partial charge in [0.25, 0.3) is 0 Å². The van der Waals surface area contributed by atoms with E-state index in [9.17, 15) is 9.59 Å². The molecule has 1 fully saturated rings. The van der Waals surface area contributed by atoms with Crippen molar-refractivity contribution >= 4 is 23.5 Å². The molecule has 0 unspecified atom stereocenters. The summed E-state index contributed by atoms with van der Waals surface area (Å²) >= 11 is 0. The minimum atomic E-state index is -0.161. The summed E-state index contributed by atoms with van der Waals surface area (Å²) in [6.45, 7) is 5.44. The highest BCUT2D eigenvalue weighted by Gasteiger charge is 2.35. The predicted octanol–water partition coefficient (Wildman–Crippen LogP) is 1.82. The Balaban J connectivity index is 1.54. The van der Waals surface area contributed by atoms with Crippen molar-refractivity contribution < 1.29 is 9.59 Å². The lowest BCUT2D eigenvalue weighted by molar-refractivity contribution is -0.125. The first kappa shape index (κ1) is 17.8. The standard InChI is InChI=1S/C19H23N5O2/c1-13-11-24(18-5-3-4-8-20-18)12-16(13)19(26)22-10-15-6-7-17(21-9-15)23-14(2)25/h3-9,13,16H,10-12H2,1-2H3,(H,22,26)(H,21,23,25)/t13-,16-/m1/s1. The number of pyridine rings is 2. The van der Waals surface area contributed by atoms with Crippen molar-refractivity contribution in [2.24, 2.45) is 11.8 Å². The summed E-state index contributed by atoms with van der Waals surface area (Å²) in [5, 5.41) is 5.61. The van der Waals surface area contributed by atoms with Crippen molar-refractivity contribution in [1.82, 2.24) is 15.3 Å². The van der Waals surface area contributed by atoms with E-state index in [1.165, 1.54) is 6.92 Å². The number of amides is 2. The SMILES string of the molecule is CC(=O)Nc1ccc(CNC(=O)[C@@H]2CN(c3ccccn3)C[C@H]2C)cn1. The fraction of sp³-hybridized carbons (Fsp3) is 0.368. The molecule has 1 aliphatic heterocycles. The Hall–Kier alpha value is -2.96. The van der Waals surface area contributed by atoms with Crippen LogP contribution in [0.1, 0.15) is 19.4 Å². The molecule has 0 spiro atoms. The molecule has 3 heterocycles. The Kier molecular flexibility index (Phi) is 5.46. The topological polar surface area (TPSA) is 87.2 Å². The highest BCUT2D eigenvalue weighted by atomic mass is 16.2. The largest absolute Gasteiger partial charge is 0.356 e. The van der Waals surface area contributed by atoms with Crippen LogP contribution in [-0.4, -0.2) is 34.9 Å². The second-order valence-electron chi connectivity index (χ2n) is 6.63. The maximum absolute atomic E-state index is 12.6. The van der Waals surface area contributed by atoms with Gasteiger partial charge in [0.15, 0.2) is 0 Å². The Labute approximate surface area is 152 Å². The van der Waals surface area contributed by atoms with Gasteiger partial charge in [-0.1, -0.05) is 19.1 Å². The lowest BCUT2D eigenvalue weighted by Gasteiger charge is -2.17. The van der Waals surface area contributed by atoms with E-state index in [1.54, 1.807) is 18.5 Å². The van der Waals surface area contributed by atoms with Crippen molar-refractivity contribution in [1.29, 1.82) is 0 Å². The molecule has 7 nitrogen and oxygen atoms in total. The van der Waals surface area contributed by atoms with E-state index in [0.717, 1.165) is 17.9 Å². The van der Waals surface area contributed by atoms with Gasteiger partial charge in [0, 0.05) is 39.0 Å². The molecule has 1 aliphatic rings. The summed E-state index contributed by atoms with van der Waals surface area (Å²) in [7, 11) is 0. The Morgan fingerprint density at radius 3 is 2.69 bits per heavy atom. The van der Waals surface area contributed by atoms with Gasteiger partial charge < -0.3 is 15.5 Å². The van der Waals surface area contributed by atoms with Crippen LogP contribution in [0.25, 0.3) is 0 Å². The lowest BCUT2D eigenvalue weighted by Crippen LogP contribution is -2.34. The van der Waals surface area contributed by atoms with E-state index in [0.29, 0.717) is 18.9 Å². The molecule has 2 amide bonds. The molecule has 2 aromatic heterocycles. The summed E-state index contributed by atoms with van der Waals surface area (Å²) < 4.78 is 0. The van der Waals surface area contributed by atoms with Gasteiger partial charge in [-0.25, -0.2) is 9.97 Å². The predicted molar refractivity (Wildman–Crippen MR) is 99.5 cm³/mol. The number of hydrogen-bond donors (Lipinski definition) is 2. The van der Waals surface area contributed by atoms with E-state index >= 15 is 0 Å². The van der Waals surface area contributed by atoms with Crippen LogP contribution in [0, 0.1) is 11.8 Å². The fourth-order valence-electron chi connectivity index (χ4n) is 3.14. The van der Waals surface area contributed by atoms with Gasteiger partial charge >= 0.3 is 0 Å². The number of hydrogen-bond acceptors (Lipinski definition) is 5. The van der Waals surface area contributed by atoms with Gasteiger partial charge in [0.2, 0.25) is 11.8 Å². The second kappa shape index (κ2) is 7.95. The minimum Gasteiger partial charge on any atom is -0.356 e. The van der Waals surface area contributed by atoms with Gasteiger partial charge in [-0.2, -0.15) is 0 Å². The van der Waals surface area contributed by atoms with Crippen molar-refractivity contribution in [3.63, 3.8) is 0 Å². The van der Waals surface area contributed by atoms with Crippen molar-refractivity contribution in [3.05, 3.63) is 48.3 Å². The molecule has 3 rings (SSSR count). The van der Waals surface area contributed by atoms with E-state index < -0.39 is 0 Å². The third kappa shape index (κ3) is 4.36. The van der Waals surface area contributed by atoms with Crippen LogP contribution in [0.15, 0.2) is 42.7 Å². The monoisotopic (exact) mass is 353 g/mol. The normalized spacial score (nSPS) is 19.2. The maximum atomic E-state index is 12.6. The van der Waals surface area contributed by atoms with Gasteiger partial charge in [-0.3, -0.25) is 9.59 Å². The number of aromatic nitrogens is 2. The average molecular weight is 353 g/mol. The molecule has 2 aromatic rings. The van der Waals surface area contributed by atoms with Crippen LogP contribution in [0.5, 0.6) is 0 Å².